The highest BCUT2D eigenvalue weighted by molar-refractivity contribution is 7.10. The normalized spacial score (nSPS) is 13.4. The lowest BCUT2D eigenvalue weighted by molar-refractivity contribution is -0.131. The Morgan fingerprint density at radius 2 is 2.13 bits per heavy atom. The standard InChI is InChI=1S/C23H25ClN4O2S/c1-15(2)22-19(13-26-28(22)18-5-3-4-17(24)12-18)23(30)25-9-6-21(29)27-10-7-20-16(14-27)8-11-31-20/h3-5,8,11-13,15H,6-7,9-10,14H2,1-2H3,(H,25,30). The van der Waals surface area contributed by atoms with Crippen LogP contribution in [0.25, 0.3) is 5.69 Å². The first-order valence-corrected chi connectivity index (χ1v) is 11.6. The second-order valence-corrected chi connectivity index (χ2v) is 9.37. The zero-order valence-electron chi connectivity index (χ0n) is 17.6. The molecule has 2 amide bonds. The molecule has 31 heavy (non-hydrogen) atoms. The molecular formula is C23H25ClN4O2S. The third kappa shape index (κ3) is 4.67. The van der Waals surface area contributed by atoms with E-state index in [-0.39, 0.29) is 24.2 Å². The zero-order valence-corrected chi connectivity index (χ0v) is 19.2. The van der Waals surface area contributed by atoms with Gasteiger partial charge in [-0.2, -0.15) is 5.10 Å². The highest BCUT2D eigenvalue weighted by Gasteiger charge is 2.23. The topological polar surface area (TPSA) is 67.2 Å². The molecule has 1 aromatic carbocycles. The van der Waals surface area contributed by atoms with E-state index in [4.69, 9.17) is 11.6 Å². The van der Waals surface area contributed by atoms with Crippen molar-refractivity contribution >= 4 is 34.8 Å². The van der Waals surface area contributed by atoms with Crippen molar-refractivity contribution in [1.29, 1.82) is 0 Å². The average molecular weight is 457 g/mol. The average Bonchev–Trinajstić information content (AvgIpc) is 3.40. The largest absolute Gasteiger partial charge is 0.351 e. The van der Waals surface area contributed by atoms with Gasteiger partial charge in [-0.05, 0) is 47.5 Å². The van der Waals surface area contributed by atoms with Gasteiger partial charge in [0.15, 0.2) is 0 Å². The van der Waals surface area contributed by atoms with Crippen molar-refractivity contribution in [2.75, 3.05) is 13.1 Å². The van der Waals surface area contributed by atoms with Gasteiger partial charge in [-0.15, -0.1) is 11.3 Å². The Morgan fingerprint density at radius 3 is 2.90 bits per heavy atom. The van der Waals surface area contributed by atoms with Crippen LogP contribution >= 0.6 is 22.9 Å². The predicted molar refractivity (Wildman–Crippen MR) is 123 cm³/mol. The zero-order chi connectivity index (χ0) is 22.0. The van der Waals surface area contributed by atoms with Gasteiger partial charge < -0.3 is 10.2 Å². The number of hydrogen-bond donors (Lipinski definition) is 1. The first kappa shape index (κ1) is 21.6. The van der Waals surface area contributed by atoms with Crippen LogP contribution in [0.3, 0.4) is 0 Å². The van der Waals surface area contributed by atoms with E-state index in [9.17, 15) is 9.59 Å². The molecule has 3 heterocycles. The maximum atomic E-state index is 12.9. The molecule has 0 bridgehead atoms. The van der Waals surface area contributed by atoms with E-state index in [1.165, 1.54) is 10.4 Å². The maximum absolute atomic E-state index is 12.9. The number of aromatic nitrogens is 2. The monoisotopic (exact) mass is 456 g/mol. The molecule has 0 atom stereocenters. The van der Waals surface area contributed by atoms with E-state index in [2.05, 4.69) is 21.9 Å². The molecule has 6 nitrogen and oxygen atoms in total. The third-order valence-corrected chi connectivity index (χ3v) is 6.69. The van der Waals surface area contributed by atoms with Crippen molar-refractivity contribution in [1.82, 2.24) is 20.0 Å². The summed E-state index contributed by atoms with van der Waals surface area (Å²) in [5.41, 5.74) is 3.38. The summed E-state index contributed by atoms with van der Waals surface area (Å²) in [7, 11) is 0. The molecule has 0 spiro atoms. The van der Waals surface area contributed by atoms with Gasteiger partial charge >= 0.3 is 0 Å². The Kier molecular flexibility index (Phi) is 6.43. The Morgan fingerprint density at radius 1 is 1.29 bits per heavy atom. The summed E-state index contributed by atoms with van der Waals surface area (Å²) < 4.78 is 1.75. The van der Waals surface area contributed by atoms with Gasteiger partial charge in [0.25, 0.3) is 5.91 Å². The lowest BCUT2D eigenvalue weighted by Gasteiger charge is -2.27. The minimum Gasteiger partial charge on any atom is -0.351 e. The molecule has 4 rings (SSSR count). The molecule has 0 fully saturated rings. The van der Waals surface area contributed by atoms with Crippen LogP contribution in [-0.2, 0) is 17.8 Å². The van der Waals surface area contributed by atoms with Crippen LogP contribution < -0.4 is 5.32 Å². The summed E-state index contributed by atoms with van der Waals surface area (Å²) >= 11 is 7.88. The summed E-state index contributed by atoms with van der Waals surface area (Å²) in [4.78, 5) is 28.7. The SMILES string of the molecule is CC(C)c1c(C(=O)NCCC(=O)N2CCc3sccc3C2)cnn1-c1cccc(Cl)c1. The number of halogens is 1. The highest BCUT2D eigenvalue weighted by Crippen LogP contribution is 2.25. The summed E-state index contributed by atoms with van der Waals surface area (Å²) in [6.07, 6.45) is 2.77. The molecule has 1 aliphatic rings. The molecule has 0 radical (unpaired) electrons. The number of carbonyl (C=O) groups is 2. The summed E-state index contributed by atoms with van der Waals surface area (Å²) in [6.45, 7) is 5.74. The first-order valence-electron chi connectivity index (χ1n) is 10.4. The van der Waals surface area contributed by atoms with Gasteiger partial charge in [0.2, 0.25) is 5.91 Å². The molecule has 2 aromatic heterocycles. The van der Waals surface area contributed by atoms with E-state index in [1.54, 1.807) is 28.3 Å². The van der Waals surface area contributed by atoms with Crippen LogP contribution in [0.2, 0.25) is 5.02 Å². The van der Waals surface area contributed by atoms with Gasteiger partial charge in [0.05, 0.1) is 23.1 Å². The van der Waals surface area contributed by atoms with Crippen LogP contribution in [0.1, 0.15) is 52.7 Å². The lowest BCUT2D eigenvalue weighted by Crippen LogP contribution is -2.37. The molecule has 8 heteroatoms. The Balaban J connectivity index is 1.39. The van der Waals surface area contributed by atoms with Crippen molar-refractivity contribution in [2.45, 2.75) is 39.2 Å². The molecular weight excluding hydrogens is 432 g/mol. The fourth-order valence-electron chi connectivity index (χ4n) is 3.90. The lowest BCUT2D eigenvalue weighted by atomic mass is 10.0. The van der Waals surface area contributed by atoms with Crippen LogP contribution in [-0.4, -0.2) is 39.6 Å². The number of thiophene rings is 1. The Labute approximate surface area is 190 Å². The molecule has 0 aliphatic carbocycles. The number of carbonyl (C=O) groups excluding carboxylic acids is 2. The highest BCUT2D eigenvalue weighted by atomic mass is 35.5. The number of amides is 2. The Hall–Kier alpha value is -2.64. The van der Waals surface area contributed by atoms with Gasteiger partial charge in [0, 0.05) is 36.0 Å². The van der Waals surface area contributed by atoms with E-state index in [0.717, 1.165) is 24.3 Å². The Bertz CT molecular complexity index is 1100. The van der Waals surface area contributed by atoms with Crippen molar-refractivity contribution in [2.24, 2.45) is 0 Å². The van der Waals surface area contributed by atoms with Gasteiger partial charge in [-0.1, -0.05) is 31.5 Å². The number of nitrogens with zero attached hydrogens (tertiary/aromatic N) is 3. The number of hydrogen-bond acceptors (Lipinski definition) is 4. The van der Waals surface area contributed by atoms with Gasteiger partial charge in [-0.3, -0.25) is 9.59 Å². The predicted octanol–water partition coefficient (Wildman–Crippen LogP) is 4.42. The second-order valence-electron chi connectivity index (χ2n) is 7.93. The smallest absolute Gasteiger partial charge is 0.254 e. The third-order valence-electron chi connectivity index (χ3n) is 5.44. The van der Waals surface area contributed by atoms with Crippen LogP contribution in [0.5, 0.6) is 0 Å². The number of fused-ring (bicyclic) bond motifs is 1. The number of rotatable bonds is 6. The van der Waals surface area contributed by atoms with Crippen molar-refractivity contribution in [3.63, 3.8) is 0 Å². The van der Waals surface area contributed by atoms with Crippen LogP contribution in [0, 0.1) is 0 Å². The van der Waals surface area contributed by atoms with E-state index < -0.39 is 0 Å². The fraction of sp³-hybridized carbons (Fsp3) is 0.348. The second kappa shape index (κ2) is 9.24. The molecule has 0 unspecified atom stereocenters. The number of benzene rings is 1. The fourth-order valence-corrected chi connectivity index (χ4v) is 4.97. The minimum absolute atomic E-state index is 0.0656. The van der Waals surface area contributed by atoms with E-state index >= 15 is 0 Å². The van der Waals surface area contributed by atoms with Crippen molar-refractivity contribution < 1.29 is 9.59 Å². The molecule has 0 saturated heterocycles. The number of nitrogens with one attached hydrogen (secondary N) is 1. The van der Waals surface area contributed by atoms with Crippen LogP contribution in [0.4, 0.5) is 0 Å². The van der Waals surface area contributed by atoms with Crippen LogP contribution in [0.15, 0.2) is 41.9 Å². The molecule has 0 saturated carbocycles. The molecule has 162 valence electrons. The summed E-state index contributed by atoms with van der Waals surface area (Å²) in [5.74, 6) is -0.0728. The molecule has 1 N–H and O–H groups in total. The van der Waals surface area contributed by atoms with Crippen molar-refractivity contribution in [3.8, 4) is 5.69 Å². The summed E-state index contributed by atoms with van der Waals surface area (Å²) in [6, 6.07) is 9.47. The quantitative estimate of drug-likeness (QED) is 0.597. The molecule has 1 aliphatic heterocycles. The van der Waals surface area contributed by atoms with E-state index in [0.29, 0.717) is 23.7 Å². The van der Waals surface area contributed by atoms with Gasteiger partial charge in [0.1, 0.15) is 0 Å². The van der Waals surface area contributed by atoms with Crippen molar-refractivity contribution in [3.05, 3.63) is 68.6 Å². The first-order chi connectivity index (χ1) is 14.9. The van der Waals surface area contributed by atoms with E-state index in [1.807, 2.05) is 36.9 Å². The minimum atomic E-state index is -0.219. The molecule has 3 aromatic rings. The van der Waals surface area contributed by atoms with Gasteiger partial charge in [-0.25, -0.2) is 4.68 Å². The summed E-state index contributed by atoms with van der Waals surface area (Å²) in [5, 5.41) is 10.0. The maximum Gasteiger partial charge on any atom is 0.254 e.